The number of nitrogens with one attached hydrogen (secondary N) is 1. The Morgan fingerprint density at radius 3 is 2.18 bits per heavy atom. The zero-order valence-corrected chi connectivity index (χ0v) is 19.0. The van der Waals surface area contributed by atoms with E-state index in [1.165, 1.54) is 6.92 Å². The van der Waals surface area contributed by atoms with Crippen LogP contribution in [-0.2, 0) is 41.8 Å². The number of rotatable bonds is 11. The standard InChI is InChI=1S/C25H31NO8/c1-17(28)26-22-24(31-13-12-21(29)32-15-18-8-4-2-5-9-18)23(30)20(14-27)34-25(22)33-16-19-10-6-3-7-11-19/h2-11,20,22-25,27,30H,12-16H2,1H3,(H,26,28)/t20-,22-,23+,24-,25-/m0/s1. The smallest absolute Gasteiger partial charge is 0.308 e. The summed E-state index contributed by atoms with van der Waals surface area (Å²) in [6, 6.07) is 17.8. The van der Waals surface area contributed by atoms with Crippen LogP contribution in [0.3, 0.4) is 0 Å². The van der Waals surface area contributed by atoms with E-state index in [1.54, 1.807) is 0 Å². The number of aliphatic hydroxyl groups is 2. The number of benzene rings is 2. The molecule has 2 aromatic rings. The lowest BCUT2D eigenvalue weighted by molar-refractivity contribution is -0.280. The van der Waals surface area contributed by atoms with Gasteiger partial charge >= 0.3 is 5.97 Å². The van der Waals surface area contributed by atoms with E-state index in [-0.39, 0.29) is 32.1 Å². The maximum Gasteiger partial charge on any atom is 0.308 e. The number of esters is 1. The molecule has 1 aliphatic heterocycles. The van der Waals surface area contributed by atoms with E-state index in [4.69, 9.17) is 18.9 Å². The SMILES string of the molecule is CC(=O)N[C@@H]1[C@@H](OCc2ccccc2)O[C@@H](CO)[C@@H](O)[C@H]1OCCC(=O)OCc1ccccc1. The van der Waals surface area contributed by atoms with Gasteiger partial charge in [0.1, 0.15) is 31.0 Å². The molecule has 1 saturated heterocycles. The van der Waals surface area contributed by atoms with Crippen LogP contribution in [0.4, 0.5) is 0 Å². The Bertz CT molecular complexity index is 894. The molecule has 1 aliphatic rings. The van der Waals surface area contributed by atoms with Crippen molar-refractivity contribution in [3.05, 3.63) is 71.8 Å². The van der Waals surface area contributed by atoms with E-state index in [2.05, 4.69) is 5.32 Å². The van der Waals surface area contributed by atoms with Crippen molar-refractivity contribution in [2.45, 2.75) is 57.2 Å². The van der Waals surface area contributed by atoms with Crippen LogP contribution in [0.1, 0.15) is 24.5 Å². The Balaban J connectivity index is 1.60. The third-order valence-corrected chi connectivity index (χ3v) is 5.34. The summed E-state index contributed by atoms with van der Waals surface area (Å²) in [6.07, 6.45) is -4.25. The van der Waals surface area contributed by atoms with Crippen molar-refractivity contribution in [2.75, 3.05) is 13.2 Å². The molecule has 1 fully saturated rings. The van der Waals surface area contributed by atoms with Gasteiger partial charge in [0.25, 0.3) is 0 Å². The van der Waals surface area contributed by atoms with Gasteiger partial charge in [-0.25, -0.2) is 0 Å². The summed E-state index contributed by atoms with van der Waals surface area (Å²) in [5.41, 5.74) is 1.75. The maximum atomic E-state index is 12.1. The minimum Gasteiger partial charge on any atom is -0.461 e. The van der Waals surface area contributed by atoms with E-state index in [0.29, 0.717) is 0 Å². The molecule has 5 atom stereocenters. The normalized spacial score (nSPS) is 24.4. The fourth-order valence-electron chi connectivity index (χ4n) is 3.64. The van der Waals surface area contributed by atoms with E-state index in [1.807, 2.05) is 60.7 Å². The Hall–Kier alpha value is -2.82. The van der Waals surface area contributed by atoms with Crippen LogP contribution >= 0.6 is 0 Å². The second-order valence-corrected chi connectivity index (χ2v) is 7.97. The highest BCUT2D eigenvalue weighted by atomic mass is 16.7. The van der Waals surface area contributed by atoms with Crippen molar-refractivity contribution in [1.82, 2.24) is 5.32 Å². The third kappa shape index (κ3) is 7.61. The van der Waals surface area contributed by atoms with Crippen molar-refractivity contribution in [2.24, 2.45) is 0 Å². The molecule has 0 aliphatic carbocycles. The van der Waals surface area contributed by atoms with E-state index < -0.39 is 43.2 Å². The summed E-state index contributed by atoms with van der Waals surface area (Å²) in [5.74, 6) is -0.829. The van der Waals surface area contributed by atoms with Crippen LogP contribution in [0, 0.1) is 0 Å². The molecule has 9 heteroatoms. The van der Waals surface area contributed by atoms with Gasteiger partial charge in [0, 0.05) is 6.92 Å². The number of hydrogen-bond acceptors (Lipinski definition) is 8. The lowest BCUT2D eigenvalue weighted by Crippen LogP contribution is -2.65. The average molecular weight is 474 g/mol. The Morgan fingerprint density at radius 2 is 1.59 bits per heavy atom. The molecular weight excluding hydrogens is 442 g/mol. The van der Waals surface area contributed by atoms with Crippen LogP contribution in [0.2, 0.25) is 0 Å². The van der Waals surface area contributed by atoms with Gasteiger partial charge in [-0.05, 0) is 11.1 Å². The van der Waals surface area contributed by atoms with E-state index in [0.717, 1.165) is 11.1 Å². The van der Waals surface area contributed by atoms with Crippen molar-refractivity contribution >= 4 is 11.9 Å². The van der Waals surface area contributed by atoms with Crippen LogP contribution in [-0.4, -0.2) is 65.9 Å². The van der Waals surface area contributed by atoms with Gasteiger partial charge in [0.05, 0.1) is 26.2 Å². The van der Waals surface area contributed by atoms with Gasteiger partial charge in [0.2, 0.25) is 5.91 Å². The van der Waals surface area contributed by atoms with Crippen LogP contribution < -0.4 is 5.32 Å². The first-order valence-electron chi connectivity index (χ1n) is 11.2. The lowest BCUT2D eigenvalue weighted by atomic mass is 9.96. The third-order valence-electron chi connectivity index (χ3n) is 5.34. The molecule has 0 unspecified atom stereocenters. The molecule has 3 N–H and O–H groups in total. The molecule has 1 heterocycles. The van der Waals surface area contributed by atoms with Gasteiger partial charge < -0.3 is 34.5 Å². The van der Waals surface area contributed by atoms with Crippen molar-refractivity contribution in [3.8, 4) is 0 Å². The Labute approximate surface area is 198 Å². The molecule has 9 nitrogen and oxygen atoms in total. The number of carbonyl (C=O) groups is 2. The van der Waals surface area contributed by atoms with Gasteiger partial charge in [-0.3, -0.25) is 9.59 Å². The number of amides is 1. The Kier molecular flexibility index (Phi) is 9.99. The first kappa shape index (κ1) is 25.8. The summed E-state index contributed by atoms with van der Waals surface area (Å²) in [4.78, 5) is 24.0. The lowest BCUT2D eigenvalue weighted by Gasteiger charge is -2.44. The minimum atomic E-state index is -1.25. The van der Waals surface area contributed by atoms with Gasteiger partial charge in [-0.15, -0.1) is 0 Å². The number of hydrogen-bond donors (Lipinski definition) is 3. The predicted molar refractivity (Wildman–Crippen MR) is 121 cm³/mol. The molecule has 184 valence electrons. The average Bonchev–Trinajstić information content (AvgIpc) is 2.85. The zero-order valence-electron chi connectivity index (χ0n) is 19.0. The van der Waals surface area contributed by atoms with Crippen molar-refractivity contribution in [1.29, 1.82) is 0 Å². The topological polar surface area (TPSA) is 124 Å². The Morgan fingerprint density at radius 1 is 0.971 bits per heavy atom. The molecule has 34 heavy (non-hydrogen) atoms. The fourth-order valence-corrected chi connectivity index (χ4v) is 3.64. The number of aliphatic hydroxyl groups excluding tert-OH is 2. The molecule has 0 bridgehead atoms. The number of ether oxygens (including phenoxy) is 4. The summed E-state index contributed by atoms with van der Waals surface area (Å²) in [7, 11) is 0. The molecule has 1 amide bonds. The second kappa shape index (κ2) is 13.2. The largest absolute Gasteiger partial charge is 0.461 e. The molecule has 2 aromatic carbocycles. The first-order valence-corrected chi connectivity index (χ1v) is 11.2. The quantitative estimate of drug-likeness (QED) is 0.418. The van der Waals surface area contributed by atoms with E-state index >= 15 is 0 Å². The molecule has 0 spiro atoms. The fraction of sp³-hybridized carbons (Fsp3) is 0.440. The van der Waals surface area contributed by atoms with Gasteiger partial charge in [0.15, 0.2) is 6.29 Å². The predicted octanol–water partition coefficient (Wildman–Crippen LogP) is 1.30. The molecule has 0 saturated carbocycles. The summed E-state index contributed by atoms with van der Waals surface area (Å²) >= 11 is 0. The van der Waals surface area contributed by atoms with Gasteiger partial charge in [-0.1, -0.05) is 60.7 Å². The molecule has 3 rings (SSSR count). The molecule has 0 aromatic heterocycles. The highest BCUT2D eigenvalue weighted by Gasteiger charge is 2.47. The van der Waals surface area contributed by atoms with Crippen molar-refractivity contribution in [3.63, 3.8) is 0 Å². The minimum absolute atomic E-state index is 0.0525. The highest BCUT2D eigenvalue weighted by molar-refractivity contribution is 5.73. The van der Waals surface area contributed by atoms with E-state index in [9.17, 15) is 19.8 Å². The van der Waals surface area contributed by atoms with Gasteiger partial charge in [-0.2, -0.15) is 0 Å². The van der Waals surface area contributed by atoms with Crippen LogP contribution in [0.25, 0.3) is 0 Å². The zero-order chi connectivity index (χ0) is 24.3. The summed E-state index contributed by atoms with van der Waals surface area (Å²) < 4.78 is 22.7. The van der Waals surface area contributed by atoms with Crippen molar-refractivity contribution < 1.29 is 38.7 Å². The summed E-state index contributed by atoms with van der Waals surface area (Å²) in [6.45, 7) is 1.13. The maximum absolute atomic E-state index is 12.1. The van der Waals surface area contributed by atoms with Crippen LogP contribution in [0.15, 0.2) is 60.7 Å². The first-order chi connectivity index (χ1) is 16.5. The second-order valence-electron chi connectivity index (χ2n) is 7.97. The highest BCUT2D eigenvalue weighted by Crippen LogP contribution is 2.25. The molecular formula is C25H31NO8. The molecule has 0 radical (unpaired) electrons. The summed E-state index contributed by atoms with van der Waals surface area (Å²) in [5, 5.41) is 23.1. The monoisotopic (exact) mass is 473 g/mol. The number of carbonyl (C=O) groups excluding carboxylic acids is 2. The van der Waals surface area contributed by atoms with Crippen LogP contribution in [0.5, 0.6) is 0 Å².